The van der Waals surface area contributed by atoms with Gasteiger partial charge in [-0.3, -0.25) is 14.9 Å². The van der Waals surface area contributed by atoms with Crippen LogP contribution in [-0.4, -0.2) is 32.7 Å². The molecule has 0 aliphatic carbocycles. The third kappa shape index (κ3) is 4.07. The number of aryl methyl sites for hydroxylation is 2. The van der Waals surface area contributed by atoms with Crippen molar-refractivity contribution in [3.05, 3.63) is 102 Å². The molecule has 6 rings (SSSR count). The zero-order valence-electron chi connectivity index (χ0n) is 21.0. The number of amides is 2. The Balaban J connectivity index is 1.52. The van der Waals surface area contributed by atoms with Gasteiger partial charge in [0.2, 0.25) is 0 Å². The molecule has 0 fully saturated rings. The van der Waals surface area contributed by atoms with E-state index in [2.05, 4.69) is 5.32 Å². The number of carbonyl (C=O) groups is 2. The van der Waals surface area contributed by atoms with Crippen LogP contribution in [0.1, 0.15) is 23.1 Å². The largest absolute Gasteiger partial charge is 0.489 e. The number of aliphatic hydroxyl groups excluding tert-OH is 1. The summed E-state index contributed by atoms with van der Waals surface area (Å²) in [7, 11) is 0. The minimum atomic E-state index is -0.433. The van der Waals surface area contributed by atoms with E-state index in [1.165, 1.54) is 0 Å². The van der Waals surface area contributed by atoms with Crippen LogP contribution in [0.3, 0.4) is 0 Å². The number of hydrogen-bond acceptors (Lipinski definition) is 4. The topological polar surface area (TPSA) is 85.5 Å². The number of carbonyl (C=O) groups excluding carboxylic acids is 2. The number of aliphatic hydroxyl groups is 1. The number of para-hydroxylation sites is 1. The van der Waals surface area contributed by atoms with Crippen molar-refractivity contribution in [1.82, 2.24) is 14.5 Å². The Labute approximate surface area is 219 Å². The number of fused-ring (bicyclic) bond motifs is 2. The van der Waals surface area contributed by atoms with Gasteiger partial charge in [-0.05, 0) is 48.7 Å². The molecule has 2 amide bonds. The zero-order valence-corrected chi connectivity index (χ0v) is 21.0. The van der Waals surface area contributed by atoms with E-state index in [4.69, 9.17) is 4.74 Å². The lowest BCUT2D eigenvalue weighted by Crippen LogP contribution is -2.23. The number of benzene rings is 3. The molecule has 0 bridgehead atoms. The maximum atomic E-state index is 13.3. The first-order valence-corrected chi connectivity index (χ1v) is 12.6. The lowest BCUT2D eigenvalue weighted by molar-refractivity contribution is -0.122. The fraction of sp³-hybridized carbons (Fsp3) is 0.161. The van der Waals surface area contributed by atoms with Crippen molar-refractivity contribution in [3.8, 4) is 5.75 Å². The number of hydrogen-bond donors (Lipinski definition) is 2. The van der Waals surface area contributed by atoms with Gasteiger partial charge in [0.15, 0.2) is 0 Å². The van der Waals surface area contributed by atoms with E-state index < -0.39 is 11.8 Å². The van der Waals surface area contributed by atoms with E-state index in [1.807, 2.05) is 101 Å². The van der Waals surface area contributed by atoms with Crippen LogP contribution in [0.4, 0.5) is 0 Å². The van der Waals surface area contributed by atoms with Gasteiger partial charge in [-0.1, -0.05) is 48.5 Å². The number of nitrogens with zero attached hydrogens (tertiary/aromatic N) is 2. The van der Waals surface area contributed by atoms with Gasteiger partial charge in [-0.2, -0.15) is 0 Å². The summed E-state index contributed by atoms with van der Waals surface area (Å²) in [6.45, 7) is 3.02. The predicted octanol–water partition coefficient (Wildman–Crippen LogP) is 4.89. The van der Waals surface area contributed by atoms with Crippen molar-refractivity contribution in [3.63, 3.8) is 0 Å². The van der Waals surface area contributed by atoms with Gasteiger partial charge in [0, 0.05) is 47.4 Å². The van der Waals surface area contributed by atoms with Crippen LogP contribution in [0.2, 0.25) is 0 Å². The fourth-order valence-electron chi connectivity index (χ4n) is 5.19. The highest BCUT2D eigenvalue weighted by Gasteiger charge is 2.35. The second kappa shape index (κ2) is 9.68. The molecular formula is C31H27N3O4. The van der Waals surface area contributed by atoms with Gasteiger partial charge in [0.25, 0.3) is 11.8 Å². The summed E-state index contributed by atoms with van der Waals surface area (Å²) >= 11 is 0. The first-order valence-electron chi connectivity index (χ1n) is 12.6. The van der Waals surface area contributed by atoms with Gasteiger partial charge in [-0.15, -0.1) is 0 Å². The minimum absolute atomic E-state index is 0.0504. The third-order valence-corrected chi connectivity index (χ3v) is 6.99. The summed E-state index contributed by atoms with van der Waals surface area (Å²) in [6.07, 6.45) is 4.36. The average Bonchev–Trinajstić information content (AvgIpc) is 3.56. The highest BCUT2D eigenvalue weighted by atomic mass is 16.5. The number of aromatic nitrogens is 2. The summed E-state index contributed by atoms with van der Waals surface area (Å²) in [6, 6.07) is 23.5. The predicted molar refractivity (Wildman–Crippen MR) is 147 cm³/mol. The molecule has 0 atom stereocenters. The SMILES string of the molecule is Cc1cn(C2=C(c3cn(CCCO)c4ccc(OCc5ccccc5)cc34)C(=O)NC2=O)c2ccccc12. The standard InChI is InChI=1S/C31H27N3O4/c1-20-17-34(27-11-6-5-10-23(20)27)29-28(30(36)32-31(29)37)25-18-33(14-7-15-35)26-13-12-22(16-24(25)26)38-19-21-8-3-2-4-9-21/h2-6,8-13,16-18,35H,7,14-15,19H2,1H3,(H,32,36,37). The normalized spacial score (nSPS) is 13.6. The van der Waals surface area contributed by atoms with Crippen LogP contribution in [0, 0.1) is 6.92 Å². The van der Waals surface area contributed by atoms with E-state index in [-0.39, 0.29) is 6.61 Å². The van der Waals surface area contributed by atoms with Crippen LogP contribution < -0.4 is 10.1 Å². The number of imide groups is 1. The monoisotopic (exact) mass is 505 g/mol. The first-order chi connectivity index (χ1) is 18.5. The molecule has 7 heteroatoms. The van der Waals surface area contributed by atoms with Gasteiger partial charge in [0.1, 0.15) is 18.1 Å². The molecule has 3 heterocycles. The van der Waals surface area contributed by atoms with Crippen molar-refractivity contribution in [2.75, 3.05) is 6.61 Å². The summed E-state index contributed by atoms with van der Waals surface area (Å²) < 4.78 is 9.92. The van der Waals surface area contributed by atoms with Crippen LogP contribution in [0.25, 0.3) is 33.1 Å². The molecule has 1 aliphatic rings. The lowest BCUT2D eigenvalue weighted by Gasteiger charge is -2.09. The summed E-state index contributed by atoms with van der Waals surface area (Å²) in [5, 5.41) is 13.8. The number of ether oxygens (including phenoxy) is 1. The van der Waals surface area contributed by atoms with Crippen molar-refractivity contribution < 1.29 is 19.4 Å². The smallest absolute Gasteiger partial charge is 0.275 e. The first kappa shape index (κ1) is 23.8. The van der Waals surface area contributed by atoms with Crippen molar-refractivity contribution >= 4 is 44.9 Å². The van der Waals surface area contributed by atoms with Crippen LogP contribution in [-0.2, 0) is 22.7 Å². The number of nitrogens with one attached hydrogen (secondary N) is 1. The molecule has 2 N–H and O–H groups in total. The van der Waals surface area contributed by atoms with Gasteiger partial charge in [0.05, 0.1) is 11.1 Å². The zero-order chi connectivity index (χ0) is 26.2. The Morgan fingerprint density at radius 1 is 0.868 bits per heavy atom. The molecule has 190 valence electrons. The summed E-state index contributed by atoms with van der Waals surface area (Å²) in [4.78, 5) is 26.5. The summed E-state index contributed by atoms with van der Waals surface area (Å²) in [5.74, 6) is -0.201. The molecule has 0 saturated heterocycles. The average molecular weight is 506 g/mol. The van der Waals surface area contributed by atoms with Crippen molar-refractivity contribution in [2.45, 2.75) is 26.5 Å². The van der Waals surface area contributed by atoms with Crippen LogP contribution >= 0.6 is 0 Å². The van der Waals surface area contributed by atoms with Crippen molar-refractivity contribution in [2.24, 2.45) is 0 Å². The quantitative estimate of drug-likeness (QED) is 0.294. The van der Waals surface area contributed by atoms with Crippen LogP contribution in [0.15, 0.2) is 85.2 Å². The van der Waals surface area contributed by atoms with Gasteiger partial charge in [-0.25, -0.2) is 0 Å². The van der Waals surface area contributed by atoms with Gasteiger partial charge >= 0.3 is 0 Å². The van der Waals surface area contributed by atoms with E-state index in [1.54, 1.807) is 0 Å². The Kier molecular flexibility index (Phi) is 6.05. The fourth-order valence-corrected chi connectivity index (χ4v) is 5.19. The highest BCUT2D eigenvalue weighted by Crippen LogP contribution is 2.37. The molecule has 1 aliphatic heterocycles. The highest BCUT2D eigenvalue weighted by molar-refractivity contribution is 6.47. The molecule has 38 heavy (non-hydrogen) atoms. The van der Waals surface area contributed by atoms with Crippen molar-refractivity contribution in [1.29, 1.82) is 0 Å². The molecule has 0 saturated carbocycles. The second-order valence-corrected chi connectivity index (χ2v) is 9.47. The molecule has 3 aromatic carbocycles. The maximum absolute atomic E-state index is 13.3. The van der Waals surface area contributed by atoms with E-state index >= 15 is 0 Å². The molecule has 0 radical (unpaired) electrons. The molecule has 0 unspecified atom stereocenters. The Bertz CT molecular complexity index is 1730. The van der Waals surface area contributed by atoms with Gasteiger partial charge < -0.3 is 19.0 Å². The van der Waals surface area contributed by atoms with Crippen LogP contribution in [0.5, 0.6) is 5.75 Å². The molecule has 5 aromatic rings. The number of rotatable bonds is 8. The molecule has 7 nitrogen and oxygen atoms in total. The Hall–Kier alpha value is -4.62. The minimum Gasteiger partial charge on any atom is -0.489 e. The Morgan fingerprint density at radius 3 is 2.47 bits per heavy atom. The molecule has 2 aromatic heterocycles. The lowest BCUT2D eigenvalue weighted by atomic mass is 10.0. The third-order valence-electron chi connectivity index (χ3n) is 6.99. The van der Waals surface area contributed by atoms with E-state index in [9.17, 15) is 14.7 Å². The second-order valence-electron chi connectivity index (χ2n) is 9.47. The van der Waals surface area contributed by atoms with E-state index in [0.29, 0.717) is 42.2 Å². The van der Waals surface area contributed by atoms with E-state index in [0.717, 1.165) is 32.9 Å². The molecular weight excluding hydrogens is 478 g/mol. The Morgan fingerprint density at radius 2 is 1.66 bits per heavy atom. The summed E-state index contributed by atoms with van der Waals surface area (Å²) in [5.41, 5.74) is 5.10. The molecule has 0 spiro atoms. The maximum Gasteiger partial charge on any atom is 0.275 e.